The van der Waals surface area contributed by atoms with Crippen LogP contribution in [0.2, 0.25) is 5.02 Å². The molecule has 1 fully saturated rings. The fourth-order valence-corrected chi connectivity index (χ4v) is 5.25. The van der Waals surface area contributed by atoms with Crippen LogP contribution < -0.4 is 5.32 Å². The van der Waals surface area contributed by atoms with Gasteiger partial charge in [-0.1, -0.05) is 37.6 Å². The summed E-state index contributed by atoms with van der Waals surface area (Å²) in [5.74, 6) is 0.487. The zero-order valence-electron chi connectivity index (χ0n) is 18.7. The predicted molar refractivity (Wildman–Crippen MR) is 132 cm³/mol. The minimum atomic E-state index is -0.000499. The molecule has 0 saturated carbocycles. The fraction of sp³-hybridized carbons (Fsp3) is 0.360. The van der Waals surface area contributed by atoms with E-state index in [2.05, 4.69) is 66.5 Å². The normalized spacial score (nSPS) is 18.7. The van der Waals surface area contributed by atoms with Crippen molar-refractivity contribution in [2.45, 2.75) is 46.7 Å². The summed E-state index contributed by atoms with van der Waals surface area (Å²) in [6.07, 6.45) is 1.85. The summed E-state index contributed by atoms with van der Waals surface area (Å²) < 4.78 is 2.31. The molecule has 3 heterocycles. The molecule has 0 aliphatic carbocycles. The highest BCUT2D eigenvalue weighted by Gasteiger charge is 2.42. The van der Waals surface area contributed by atoms with Crippen LogP contribution in [0.3, 0.4) is 0 Å². The van der Waals surface area contributed by atoms with Gasteiger partial charge in [-0.05, 0) is 74.8 Å². The van der Waals surface area contributed by atoms with Crippen LogP contribution in [0.5, 0.6) is 0 Å². The van der Waals surface area contributed by atoms with Gasteiger partial charge in [-0.3, -0.25) is 4.98 Å². The van der Waals surface area contributed by atoms with Gasteiger partial charge in [0.05, 0.1) is 17.8 Å². The molecule has 1 aromatic carbocycles. The molecular formula is C25H29ClN4S. The van der Waals surface area contributed by atoms with Crippen molar-refractivity contribution in [3.05, 3.63) is 81.9 Å². The second-order valence-corrected chi connectivity index (χ2v) is 9.52. The van der Waals surface area contributed by atoms with Crippen LogP contribution in [0.1, 0.15) is 54.1 Å². The number of rotatable bonds is 5. The van der Waals surface area contributed by atoms with Crippen molar-refractivity contribution in [2.75, 3.05) is 6.54 Å². The van der Waals surface area contributed by atoms with E-state index in [0.717, 1.165) is 28.1 Å². The standard InChI is InChI=1S/C25H29ClN4S/c1-15(2)14-29-24(23(28-25(29)31)21-11-6-7-12-27-21)22-16(3)17(4)30(18(22)5)20-10-8-9-19(26)13-20/h6-13,15,23-24H,14H2,1-5H3,(H,28,31). The van der Waals surface area contributed by atoms with Gasteiger partial charge in [0.1, 0.15) is 0 Å². The van der Waals surface area contributed by atoms with Gasteiger partial charge in [-0.25, -0.2) is 0 Å². The number of hydrogen-bond donors (Lipinski definition) is 1. The van der Waals surface area contributed by atoms with E-state index in [1.54, 1.807) is 0 Å². The van der Waals surface area contributed by atoms with Crippen molar-refractivity contribution < 1.29 is 0 Å². The third kappa shape index (κ3) is 3.97. The summed E-state index contributed by atoms with van der Waals surface area (Å²) in [5, 5.41) is 5.10. The van der Waals surface area contributed by atoms with Crippen molar-refractivity contribution in [1.29, 1.82) is 0 Å². The first-order valence-electron chi connectivity index (χ1n) is 10.7. The molecule has 2 atom stereocenters. The van der Waals surface area contributed by atoms with Gasteiger partial charge in [0.2, 0.25) is 0 Å². The van der Waals surface area contributed by atoms with Crippen molar-refractivity contribution in [3.8, 4) is 5.69 Å². The number of thiocarbonyl (C=S) groups is 1. The van der Waals surface area contributed by atoms with Gasteiger partial charge in [-0.2, -0.15) is 0 Å². The summed E-state index contributed by atoms with van der Waals surface area (Å²) in [6.45, 7) is 11.9. The molecule has 1 aliphatic heterocycles. The summed E-state index contributed by atoms with van der Waals surface area (Å²) in [7, 11) is 0. The summed E-state index contributed by atoms with van der Waals surface area (Å²) in [4.78, 5) is 7.01. The number of nitrogens with zero attached hydrogens (tertiary/aromatic N) is 3. The molecule has 0 amide bonds. The lowest BCUT2D eigenvalue weighted by Crippen LogP contribution is -2.33. The van der Waals surface area contributed by atoms with Gasteiger partial charge in [0.15, 0.2) is 5.11 Å². The van der Waals surface area contributed by atoms with E-state index < -0.39 is 0 Å². The molecule has 6 heteroatoms. The number of benzene rings is 1. The SMILES string of the molecule is Cc1c(C2C(c3ccccn3)NC(=S)N2CC(C)C)c(C)n(-c2cccc(Cl)c2)c1C. The van der Waals surface area contributed by atoms with Crippen LogP contribution in [0.4, 0.5) is 0 Å². The molecule has 0 bridgehead atoms. The molecule has 3 aromatic rings. The molecule has 1 saturated heterocycles. The quantitative estimate of drug-likeness (QED) is 0.475. The van der Waals surface area contributed by atoms with E-state index in [4.69, 9.17) is 23.8 Å². The first-order chi connectivity index (χ1) is 14.8. The topological polar surface area (TPSA) is 33.1 Å². The van der Waals surface area contributed by atoms with Crippen molar-refractivity contribution >= 4 is 28.9 Å². The van der Waals surface area contributed by atoms with E-state index in [1.807, 2.05) is 36.5 Å². The smallest absolute Gasteiger partial charge is 0.170 e. The summed E-state index contributed by atoms with van der Waals surface area (Å²) in [5.41, 5.74) is 7.10. The Bertz CT molecular complexity index is 1110. The van der Waals surface area contributed by atoms with Crippen molar-refractivity contribution in [3.63, 3.8) is 0 Å². The maximum Gasteiger partial charge on any atom is 0.170 e. The molecule has 4 rings (SSSR count). The average Bonchev–Trinajstić information content (AvgIpc) is 3.15. The molecule has 4 nitrogen and oxygen atoms in total. The highest BCUT2D eigenvalue weighted by Crippen LogP contribution is 2.43. The van der Waals surface area contributed by atoms with Gasteiger partial charge in [0, 0.05) is 40.4 Å². The van der Waals surface area contributed by atoms with E-state index in [0.29, 0.717) is 5.92 Å². The number of hydrogen-bond acceptors (Lipinski definition) is 2. The fourth-order valence-electron chi connectivity index (χ4n) is 4.75. The van der Waals surface area contributed by atoms with Gasteiger partial charge < -0.3 is 14.8 Å². The Kier molecular flexibility index (Phi) is 6.09. The minimum Gasteiger partial charge on any atom is -0.352 e. The van der Waals surface area contributed by atoms with E-state index in [9.17, 15) is 0 Å². The Morgan fingerprint density at radius 3 is 2.52 bits per heavy atom. The maximum absolute atomic E-state index is 6.32. The number of pyridine rings is 1. The van der Waals surface area contributed by atoms with Crippen LogP contribution in [0.15, 0.2) is 48.7 Å². The van der Waals surface area contributed by atoms with Crippen LogP contribution in [-0.2, 0) is 0 Å². The van der Waals surface area contributed by atoms with Crippen molar-refractivity contribution in [1.82, 2.24) is 19.8 Å². The second-order valence-electron chi connectivity index (χ2n) is 8.70. The zero-order chi connectivity index (χ0) is 22.3. The minimum absolute atomic E-state index is 0.000499. The lowest BCUT2D eigenvalue weighted by molar-refractivity contribution is 0.286. The Hall–Kier alpha value is -2.37. The number of nitrogens with one attached hydrogen (secondary N) is 1. The van der Waals surface area contributed by atoms with E-state index in [1.165, 1.54) is 22.5 Å². The van der Waals surface area contributed by atoms with Crippen LogP contribution in [-0.4, -0.2) is 26.1 Å². The average molecular weight is 453 g/mol. The first-order valence-corrected chi connectivity index (χ1v) is 11.5. The Labute approximate surface area is 195 Å². The predicted octanol–water partition coefficient (Wildman–Crippen LogP) is 6.08. The molecule has 2 aromatic heterocycles. The molecule has 162 valence electrons. The third-order valence-electron chi connectivity index (χ3n) is 6.13. The largest absolute Gasteiger partial charge is 0.352 e. The monoisotopic (exact) mass is 452 g/mol. The van der Waals surface area contributed by atoms with Gasteiger partial charge in [0.25, 0.3) is 0 Å². The third-order valence-corrected chi connectivity index (χ3v) is 6.72. The Balaban J connectivity index is 1.90. The molecule has 0 spiro atoms. The van der Waals surface area contributed by atoms with E-state index >= 15 is 0 Å². The first kappa shape index (κ1) is 21.8. The summed E-state index contributed by atoms with van der Waals surface area (Å²) >= 11 is 12.1. The van der Waals surface area contributed by atoms with E-state index in [-0.39, 0.29) is 12.1 Å². The van der Waals surface area contributed by atoms with Crippen molar-refractivity contribution in [2.24, 2.45) is 5.92 Å². The zero-order valence-corrected chi connectivity index (χ0v) is 20.3. The Morgan fingerprint density at radius 1 is 1.10 bits per heavy atom. The maximum atomic E-state index is 6.32. The van der Waals surface area contributed by atoms with Gasteiger partial charge >= 0.3 is 0 Å². The van der Waals surface area contributed by atoms with Crippen LogP contribution >= 0.6 is 23.8 Å². The summed E-state index contributed by atoms with van der Waals surface area (Å²) in [6, 6.07) is 14.2. The molecular weight excluding hydrogens is 424 g/mol. The molecule has 2 unspecified atom stereocenters. The number of halogens is 1. The lowest BCUT2D eigenvalue weighted by atomic mass is 9.93. The van der Waals surface area contributed by atoms with Crippen LogP contribution in [0, 0.1) is 26.7 Å². The van der Waals surface area contributed by atoms with Gasteiger partial charge in [-0.15, -0.1) is 0 Å². The second kappa shape index (κ2) is 8.64. The van der Waals surface area contributed by atoms with Crippen LogP contribution in [0.25, 0.3) is 5.69 Å². The molecule has 31 heavy (non-hydrogen) atoms. The molecule has 0 radical (unpaired) electrons. The molecule has 1 aliphatic rings. The molecule has 1 N–H and O–H groups in total. The Morgan fingerprint density at radius 2 is 1.87 bits per heavy atom. The number of aromatic nitrogens is 2. The lowest BCUT2D eigenvalue weighted by Gasteiger charge is -2.30. The highest BCUT2D eigenvalue weighted by atomic mass is 35.5. The highest BCUT2D eigenvalue weighted by molar-refractivity contribution is 7.80.